The molecule has 2 saturated heterocycles. The Morgan fingerprint density at radius 1 is 1.09 bits per heavy atom. The molecular formula is C16H30ClN3O3. The lowest BCUT2D eigenvalue weighted by Crippen LogP contribution is -2.62. The van der Waals surface area contributed by atoms with Crippen LogP contribution in [-0.2, 0) is 14.3 Å². The maximum absolute atomic E-state index is 12.8. The first kappa shape index (κ1) is 20.2. The van der Waals surface area contributed by atoms with E-state index in [4.69, 9.17) is 10.5 Å². The number of halogens is 1. The van der Waals surface area contributed by atoms with Crippen molar-refractivity contribution < 1.29 is 14.3 Å². The Morgan fingerprint density at radius 3 is 2.13 bits per heavy atom. The molecule has 0 aromatic rings. The second-order valence-corrected chi connectivity index (χ2v) is 6.35. The highest BCUT2D eigenvalue weighted by atomic mass is 35.5. The first-order valence-electron chi connectivity index (χ1n) is 8.44. The van der Waals surface area contributed by atoms with Gasteiger partial charge in [0.1, 0.15) is 6.10 Å². The molecule has 0 radical (unpaired) electrons. The molecule has 7 heteroatoms. The Balaban J connectivity index is 0.00000264. The van der Waals surface area contributed by atoms with E-state index in [1.807, 2.05) is 9.80 Å². The monoisotopic (exact) mass is 347 g/mol. The lowest BCUT2D eigenvalue weighted by Gasteiger charge is -2.46. The average molecular weight is 348 g/mol. The van der Waals surface area contributed by atoms with Crippen molar-refractivity contribution in [1.82, 2.24) is 9.80 Å². The van der Waals surface area contributed by atoms with Crippen molar-refractivity contribution in [2.75, 3.05) is 19.6 Å². The number of rotatable bonds is 4. The average Bonchev–Trinajstić information content (AvgIpc) is 3.01. The Bertz CT molecular complexity index is 421. The predicted octanol–water partition coefficient (Wildman–Crippen LogP) is 1.16. The minimum Gasteiger partial charge on any atom is -0.364 e. The summed E-state index contributed by atoms with van der Waals surface area (Å²) in [5, 5.41) is 0. The normalized spacial score (nSPS) is 31.0. The highest BCUT2D eigenvalue weighted by Gasteiger charge is 2.40. The van der Waals surface area contributed by atoms with Crippen molar-refractivity contribution in [1.29, 1.82) is 0 Å². The maximum atomic E-state index is 12.8. The summed E-state index contributed by atoms with van der Waals surface area (Å²) in [7, 11) is 0. The molecule has 2 fully saturated rings. The van der Waals surface area contributed by atoms with Gasteiger partial charge in [0.25, 0.3) is 5.91 Å². The third-order valence-corrected chi connectivity index (χ3v) is 4.97. The summed E-state index contributed by atoms with van der Waals surface area (Å²) in [5.41, 5.74) is 5.63. The Morgan fingerprint density at radius 2 is 1.65 bits per heavy atom. The SMILES string of the molecule is CCC1CN(C(=O)[C@@H]2CC[C@H](CN)O2)C(CC)CN1C(C)=O.Cl. The van der Waals surface area contributed by atoms with Crippen LogP contribution in [0.1, 0.15) is 46.5 Å². The molecule has 134 valence electrons. The summed E-state index contributed by atoms with van der Waals surface area (Å²) in [6.45, 7) is 7.44. The number of ether oxygens (including phenoxy) is 1. The topological polar surface area (TPSA) is 75.9 Å². The number of nitrogens with two attached hydrogens (primary N) is 1. The number of nitrogens with zero attached hydrogens (tertiary/aromatic N) is 2. The van der Waals surface area contributed by atoms with Gasteiger partial charge in [-0.15, -0.1) is 12.4 Å². The van der Waals surface area contributed by atoms with Gasteiger partial charge in [-0.25, -0.2) is 0 Å². The van der Waals surface area contributed by atoms with E-state index in [2.05, 4.69) is 13.8 Å². The molecule has 0 saturated carbocycles. The second kappa shape index (κ2) is 8.85. The molecule has 23 heavy (non-hydrogen) atoms. The fourth-order valence-corrected chi connectivity index (χ4v) is 3.55. The number of hydrogen-bond donors (Lipinski definition) is 1. The molecule has 0 aromatic heterocycles. The van der Waals surface area contributed by atoms with E-state index in [0.29, 0.717) is 19.6 Å². The van der Waals surface area contributed by atoms with Crippen molar-refractivity contribution in [3.63, 3.8) is 0 Å². The van der Waals surface area contributed by atoms with Crippen LogP contribution < -0.4 is 5.73 Å². The van der Waals surface area contributed by atoms with Crippen molar-refractivity contribution in [3.05, 3.63) is 0 Å². The number of hydrogen-bond acceptors (Lipinski definition) is 4. The predicted molar refractivity (Wildman–Crippen MR) is 91.5 cm³/mol. The quantitative estimate of drug-likeness (QED) is 0.828. The van der Waals surface area contributed by atoms with Gasteiger partial charge in [0.2, 0.25) is 5.91 Å². The minimum atomic E-state index is -0.357. The molecular weight excluding hydrogens is 318 g/mol. The fourth-order valence-electron chi connectivity index (χ4n) is 3.55. The third kappa shape index (κ3) is 4.37. The first-order valence-corrected chi connectivity index (χ1v) is 8.44. The zero-order valence-electron chi connectivity index (χ0n) is 14.4. The van der Waals surface area contributed by atoms with E-state index in [9.17, 15) is 9.59 Å². The lowest BCUT2D eigenvalue weighted by atomic mass is 10.0. The maximum Gasteiger partial charge on any atom is 0.252 e. The van der Waals surface area contributed by atoms with E-state index >= 15 is 0 Å². The van der Waals surface area contributed by atoms with Gasteiger partial charge < -0.3 is 20.3 Å². The summed E-state index contributed by atoms with van der Waals surface area (Å²) in [4.78, 5) is 28.5. The first-order chi connectivity index (χ1) is 10.5. The molecule has 2 aliphatic heterocycles. The van der Waals surface area contributed by atoms with Gasteiger partial charge in [0.15, 0.2) is 0 Å². The summed E-state index contributed by atoms with van der Waals surface area (Å²) in [5.74, 6) is 0.169. The van der Waals surface area contributed by atoms with Crippen LogP contribution in [0.5, 0.6) is 0 Å². The van der Waals surface area contributed by atoms with Gasteiger partial charge in [-0.2, -0.15) is 0 Å². The standard InChI is InChI=1S/C16H29N3O3.ClH/c1-4-12-10-19(13(5-2)9-18(12)11(3)20)16(21)15-7-6-14(8-17)22-15;/h12-15H,4-10,17H2,1-3H3;1H/t12?,13?,14-,15+;/m1./s1. The van der Waals surface area contributed by atoms with Crippen LogP contribution in [0, 0.1) is 0 Å². The molecule has 2 aliphatic rings. The molecule has 6 nitrogen and oxygen atoms in total. The Hall–Kier alpha value is -0.850. The molecule has 2 rings (SSSR count). The molecule has 0 aliphatic carbocycles. The van der Waals surface area contributed by atoms with Crippen molar-refractivity contribution in [2.45, 2.75) is 70.7 Å². The summed E-state index contributed by atoms with van der Waals surface area (Å²) in [6, 6.07) is 0.190. The van der Waals surface area contributed by atoms with Crippen molar-refractivity contribution in [3.8, 4) is 0 Å². The van der Waals surface area contributed by atoms with Gasteiger partial charge in [0, 0.05) is 38.6 Å². The van der Waals surface area contributed by atoms with Gasteiger partial charge in [-0.1, -0.05) is 13.8 Å². The van der Waals surface area contributed by atoms with Crippen LogP contribution in [-0.4, -0.2) is 65.5 Å². The van der Waals surface area contributed by atoms with E-state index in [0.717, 1.165) is 25.7 Å². The van der Waals surface area contributed by atoms with E-state index < -0.39 is 0 Å². The number of carbonyl (C=O) groups excluding carboxylic acids is 2. The Labute approximate surface area is 145 Å². The molecule has 2 heterocycles. The molecule has 2 N–H and O–H groups in total. The highest BCUT2D eigenvalue weighted by molar-refractivity contribution is 5.85. The zero-order chi connectivity index (χ0) is 16.3. The van der Waals surface area contributed by atoms with Crippen LogP contribution in [0.15, 0.2) is 0 Å². The van der Waals surface area contributed by atoms with Crippen molar-refractivity contribution in [2.24, 2.45) is 5.73 Å². The van der Waals surface area contributed by atoms with Crippen LogP contribution >= 0.6 is 12.4 Å². The number of piperazine rings is 1. The molecule has 2 unspecified atom stereocenters. The van der Waals surface area contributed by atoms with Crippen LogP contribution in [0.2, 0.25) is 0 Å². The molecule has 0 aromatic carbocycles. The smallest absolute Gasteiger partial charge is 0.252 e. The van der Waals surface area contributed by atoms with Gasteiger partial charge in [-0.05, 0) is 25.7 Å². The van der Waals surface area contributed by atoms with Crippen LogP contribution in [0.4, 0.5) is 0 Å². The molecule has 4 atom stereocenters. The summed E-state index contributed by atoms with van der Waals surface area (Å²) < 4.78 is 5.76. The summed E-state index contributed by atoms with van der Waals surface area (Å²) >= 11 is 0. The van der Waals surface area contributed by atoms with E-state index in [1.54, 1.807) is 6.92 Å². The van der Waals surface area contributed by atoms with Gasteiger partial charge in [0.05, 0.1) is 6.10 Å². The molecule has 2 amide bonds. The van der Waals surface area contributed by atoms with E-state index in [1.165, 1.54) is 0 Å². The highest BCUT2D eigenvalue weighted by Crippen LogP contribution is 2.26. The van der Waals surface area contributed by atoms with Crippen LogP contribution in [0.25, 0.3) is 0 Å². The number of amides is 2. The van der Waals surface area contributed by atoms with Crippen LogP contribution in [0.3, 0.4) is 0 Å². The van der Waals surface area contributed by atoms with Gasteiger partial charge >= 0.3 is 0 Å². The van der Waals surface area contributed by atoms with Gasteiger partial charge in [-0.3, -0.25) is 9.59 Å². The van der Waals surface area contributed by atoms with Crippen molar-refractivity contribution >= 4 is 24.2 Å². The zero-order valence-corrected chi connectivity index (χ0v) is 15.2. The second-order valence-electron chi connectivity index (χ2n) is 6.35. The fraction of sp³-hybridized carbons (Fsp3) is 0.875. The molecule has 0 bridgehead atoms. The minimum absolute atomic E-state index is 0. The van der Waals surface area contributed by atoms with E-state index in [-0.39, 0.29) is 48.5 Å². The number of carbonyl (C=O) groups is 2. The Kier molecular flexibility index (Phi) is 7.77. The third-order valence-electron chi connectivity index (χ3n) is 4.97. The molecule has 0 spiro atoms. The summed E-state index contributed by atoms with van der Waals surface area (Å²) in [6.07, 6.45) is 2.96. The largest absolute Gasteiger partial charge is 0.364 e. The lowest BCUT2D eigenvalue weighted by molar-refractivity contribution is -0.153.